The minimum atomic E-state index is -0.573. The number of halogens is 1. The number of carbonyl (C=O) groups is 1. The molecular weight excluding hydrogens is 436 g/mol. The van der Waals surface area contributed by atoms with Crippen LogP contribution in [0.3, 0.4) is 0 Å². The molecule has 0 bridgehead atoms. The summed E-state index contributed by atoms with van der Waals surface area (Å²) >= 11 is 3.40. The van der Waals surface area contributed by atoms with Gasteiger partial charge in [0.15, 0.2) is 6.61 Å². The molecule has 2 aromatic carbocycles. The van der Waals surface area contributed by atoms with E-state index in [0.717, 1.165) is 10.9 Å². The number of amides is 1. The molecule has 0 saturated heterocycles. The van der Waals surface area contributed by atoms with Crippen LogP contribution in [0, 0.1) is 0 Å². The van der Waals surface area contributed by atoms with E-state index in [1.54, 1.807) is 24.3 Å². The van der Waals surface area contributed by atoms with Gasteiger partial charge in [0.25, 0.3) is 11.5 Å². The zero-order valence-electron chi connectivity index (χ0n) is 16.1. The smallest absolute Gasteiger partial charge is 0.282 e. The molecule has 7 nitrogen and oxygen atoms in total. The van der Waals surface area contributed by atoms with E-state index < -0.39 is 5.91 Å². The van der Waals surface area contributed by atoms with Gasteiger partial charge in [0, 0.05) is 16.0 Å². The molecular formula is C21H21BrN4O3. The SMILES string of the molecule is CC[C@H](C)c1nc2ccc(Br)cc2c(=O)n1N=Cc1ccccc1OCC(N)=O. The Hall–Kier alpha value is -3.00. The molecule has 8 heteroatoms. The first-order valence-electron chi connectivity index (χ1n) is 9.17. The third kappa shape index (κ3) is 4.71. The largest absolute Gasteiger partial charge is 0.483 e. The molecule has 0 saturated carbocycles. The maximum atomic E-state index is 13.1. The molecule has 150 valence electrons. The third-order valence-electron chi connectivity index (χ3n) is 4.49. The lowest BCUT2D eigenvalue weighted by Crippen LogP contribution is -2.24. The molecule has 1 amide bonds. The van der Waals surface area contributed by atoms with Crippen molar-refractivity contribution >= 4 is 39.0 Å². The highest BCUT2D eigenvalue weighted by Gasteiger charge is 2.15. The average Bonchev–Trinajstić information content (AvgIpc) is 2.71. The summed E-state index contributed by atoms with van der Waals surface area (Å²) in [6.07, 6.45) is 2.33. The predicted molar refractivity (Wildman–Crippen MR) is 117 cm³/mol. The fourth-order valence-electron chi connectivity index (χ4n) is 2.77. The fourth-order valence-corrected chi connectivity index (χ4v) is 3.13. The summed E-state index contributed by atoms with van der Waals surface area (Å²) in [5.74, 6) is 0.495. The number of hydrogen-bond acceptors (Lipinski definition) is 5. The zero-order chi connectivity index (χ0) is 21.0. The van der Waals surface area contributed by atoms with Gasteiger partial charge < -0.3 is 10.5 Å². The van der Waals surface area contributed by atoms with Crippen molar-refractivity contribution in [1.82, 2.24) is 9.66 Å². The molecule has 29 heavy (non-hydrogen) atoms. The van der Waals surface area contributed by atoms with E-state index in [9.17, 15) is 9.59 Å². The van der Waals surface area contributed by atoms with E-state index in [1.807, 2.05) is 32.0 Å². The first-order chi connectivity index (χ1) is 13.9. The quantitative estimate of drug-likeness (QED) is 0.550. The summed E-state index contributed by atoms with van der Waals surface area (Å²) in [5.41, 5.74) is 6.15. The number of benzene rings is 2. The van der Waals surface area contributed by atoms with Gasteiger partial charge in [0.1, 0.15) is 11.6 Å². The van der Waals surface area contributed by atoms with Crippen LogP contribution in [-0.4, -0.2) is 28.4 Å². The van der Waals surface area contributed by atoms with Gasteiger partial charge in [-0.1, -0.05) is 41.9 Å². The highest BCUT2D eigenvalue weighted by Crippen LogP contribution is 2.21. The Kier molecular flexibility index (Phi) is 6.43. The Balaban J connectivity index is 2.11. The summed E-state index contributed by atoms with van der Waals surface area (Å²) < 4.78 is 7.55. The Morgan fingerprint density at radius 3 is 2.83 bits per heavy atom. The maximum absolute atomic E-state index is 13.1. The normalized spacial score (nSPS) is 12.4. The number of nitrogens with zero attached hydrogens (tertiary/aromatic N) is 3. The number of para-hydroxylation sites is 1. The van der Waals surface area contributed by atoms with Gasteiger partial charge >= 0.3 is 0 Å². The number of fused-ring (bicyclic) bond motifs is 1. The van der Waals surface area contributed by atoms with Crippen molar-refractivity contribution in [2.24, 2.45) is 10.8 Å². The van der Waals surface area contributed by atoms with Gasteiger partial charge in [-0.15, -0.1) is 0 Å². The van der Waals surface area contributed by atoms with Gasteiger partial charge in [0.2, 0.25) is 0 Å². The third-order valence-corrected chi connectivity index (χ3v) is 4.98. The van der Waals surface area contributed by atoms with Crippen LogP contribution in [0.5, 0.6) is 5.75 Å². The molecule has 0 fully saturated rings. The first-order valence-corrected chi connectivity index (χ1v) is 9.96. The van der Waals surface area contributed by atoms with Crippen molar-refractivity contribution in [3.8, 4) is 5.75 Å². The molecule has 1 aromatic heterocycles. The van der Waals surface area contributed by atoms with Crippen LogP contribution in [0.4, 0.5) is 0 Å². The molecule has 0 unspecified atom stereocenters. The van der Waals surface area contributed by atoms with Crippen LogP contribution >= 0.6 is 15.9 Å². The second kappa shape index (κ2) is 9.00. The van der Waals surface area contributed by atoms with Crippen molar-refractivity contribution in [2.75, 3.05) is 6.61 Å². The van der Waals surface area contributed by atoms with Crippen LogP contribution in [0.25, 0.3) is 10.9 Å². The minimum absolute atomic E-state index is 0.0363. The number of ether oxygens (including phenoxy) is 1. The summed E-state index contributed by atoms with van der Waals surface area (Å²) in [5, 5.41) is 4.89. The van der Waals surface area contributed by atoms with E-state index >= 15 is 0 Å². The van der Waals surface area contributed by atoms with Crippen molar-refractivity contribution in [2.45, 2.75) is 26.2 Å². The lowest BCUT2D eigenvalue weighted by Gasteiger charge is -2.14. The molecule has 1 atom stereocenters. The number of nitrogens with two attached hydrogens (primary N) is 1. The molecule has 0 aliphatic carbocycles. The standard InChI is InChI=1S/C21H21BrN4O3/c1-3-13(2)20-25-17-9-8-15(22)10-16(17)21(28)26(20)24-11-14-6-4-5-7-18(14)29-12-19(23)27/h4-11,13H,3,12H2,1-2H3,(H2,23,27)/t13-/m0/s1. The summed E-state index contributed by atoms with van der Waals surface area (Å²) in [6, 6.07) is 12.5. The van der Waals surface area contributed by atoms with E-state index in [4.69, 9.17) is 10.5 Å². The summed E-state index contributed by atoms with van der Waals surface area (Å²) in [7, 11) is 0. The van der Waals surface area contributed by atoms with Crippen LogP contribution in [0.1, 0.15) is 37.6 Å². The van der Waals surface area contributed by atoms with Gasteiger partial charge in [-0.3, -0.25) is 9.59 Å². The van der Waals surface area contributed by atoms with Crippen molar-refractivity contribution < 1.29 is 9.53 Å². The van der Waals surface area contributed by atoms with Crippen molar-refractivity contribution in [3.63, 3.8) is 0 Å². The van der Waals surface area contributed by atoms with E-state index in [2.05, 4.69) is 26.0 Å². The molecule has 2 N–H and O–H groups in total. The lowest BCUT2D eigenvalue weighted by molar-refractivity contribution is -0.119. The minimum Gasteiger partial charge on any atom is -0.483 e. The Morgan fingerprint density at radius 1 is 1.34 bits per heavy atom. The second-order valence-corrected chi connectivity index (χ2v) is 7.51. The highest BCUT2D eigenvalue weighted by molar-refractivity contribution is 9.10. The van der Waals surface area contributed by atoms with Crippen LogP contribution in [0.15, 0.2) is 56.8 Å². The average molecular weight is 457 g/mol. The second-order valence-electron chi connectivity index (χ2n) is 6.60. The predicted octanol–water partition coefficient (Wildman–Crippen LogP) is 3.42. The monoisotopic (exact) mass is 456 g/mol. The highest BCUT2D eigenvalue weighted by atomic mass is 79.9. The number of aromatic nitrogens is 2. The topological polar surface area (TPSA) is 99.6 Å². The van der Waals surface area contributed by atoms with Gasteiger partial charge in [-0.05, 0) is 36.8 Å². The van der Waals surface area contributed by atoms with Crippen molar-refractivity contribution in [1.29, 1.82) is 0 Å². The summed E-state index contributed by atoms with van der Waals surface area (Å²) in [4.78, 5) is 28.8. The Labute approximate surface area is 176 Å². The van der Waals surface area contributed by atoms with Gasteiger partial charge in [0.05, 0.1) is 17.1 Å². The molecule has 1 heterocycles. The first kappa shape index (κ1) is 20.7. The molecule has 0 aliphatic heterocycles. The number of carbonyl (C=O) groups excluding carboxylic acids is 1. The van der Waals surface area contributed by atoms with Gasteiger partial charge in [-0.2, -0.15) is 9.78 Å². The van der Waals surface area contributed by atoms with E-state index in [-0.39, 0.29) is 18.1 Å². The Morgan fingerprint density at radius 2 is 2.10 bits per heavy atom. The lowest BCUT2D eigenvalue weighted by atomic mass is 10.1. The number of rotatable bonds is 7. The fraction of sp³-hybridized carbons (Fsp3) is 0.238. The number of hydrogen-bond donors (Lipinski definition) is 1. The molecule has 3 rings (SSSR count). The summed E-state index contributed by atoms with van der Waals surface area (Å²) in [6.45, 7) is 3.79. The van der Waals surface area contributed by atoms with Crippen LogP contribution in [0.2, 0.25) is 0 Å². The number of primary amides is 1. The maximum Gasteiger partial charge on any atom is 0.282 e. The van der Waals surface area contributed by atoms with Gasteiger partial charge in [-0.25, -0.2) is 4.98 Å². The van der Waals surface area contributed by atoms with E-state index in [0.29, 0.717) is 28.0 Å². The van der Waals surface area contributed by atoms with E-state index in [1.165, 1.54) is 10.9 Å². The zero-order valence-corrected chi connectivity index (χ0v) is 17.7. The molecule has 3 aromatic rings. The van der Waals surface area contributed by atoms with Crippen LogP contribution in [-0.2, 0) is 4.79 Å². The molecule has 0 spiro atoms. The van der Waals surface area contributed by atoms with Crippen molar-refractivity contribution in [3.05, 3.63) is 68.7 Å². The molecule has 0 aliphatic rings. The van der Waals surface area contributed by atoms with Crippen LogP contribution < -0.4 is 16.0 Å². The molecule has 0 radical (unpaired) electrons. The Bertz CT molecular complexity index is 1140.